The average molecular weight is 345 g/mol. The van der Waals surface area contributed by atoms with Crippen molar-refractivity contribution in [2.75, 3.05) is 13.1 Å². The second-order valence-corrected chi connectivity index (χ2v) is 7.05. The van der Waals surface area contributed by atoms with E-state index in [1.807, 2.05) is 35.2 Å². The SMILES string of the molecule is C[C@H](N)C(=O)N1CCC[C@@H](N(C(=O)OCc2ccccc2)C2CC2)C1. The van der Waals surface area contributed by atoms with Gasteiger partial charge in [0.2, 0.25) is 5.91 Å². The highest BCUT2D eigenvalue weighted by atomic mass is 16.6. The van der Waals surface area contributed by atoms with Gasteiger partial charge in [-0.15, -0.1) is 0 Å². The Kier molecular flexibility index (Phi) is 5.58. The number of hydrogen-bond donors (Lipinski definition) is 1. The zero-order valence-corrected chi connectivity index (χ0v) is 14.8. The highest BCUT2D eigenvalue weighted by molar-refractivity contribution is 5.81. The molecule has 2 fully saturated rings. The molecule has 0 bridgehead atoms. The van der Waals surface area contributed by atoms with Crippen molar-refractivity contribution in [1.82, 2.24) is 9.80 Å². The minimum atomic E-state index is -0.502. The first kappa shape index (κ1) is 17.7. The molecule has 3 rings (SSSR count). The fraction of sp³-hybridized carbons (Fsp3) is 0.579. The smallest absolute Gasteiger partial charge is 0.410 e. The van der Waals surface area contributed by atoms with Gasteiger partial charge in [0.15, 0.2) is 0 Å². The highest BCUT2D eigenvalue weighted by Crippen LogP contribution is 2.32. The van der Waals surface area contributed by atoms with Crippen molar-refractivity contribution < 1.29 is 14.3 Å². The van der Waals surface area contributed by atoms with E-state index in [2.05, 4.69) is 0 Å². The predicted molar refractivity (Wildman–Crippen MR) is 94.7 cm³/mol. The molecule has 0 aromatic heterocycles. The van der Waals surface area contributed by atoms with Gasteiger partial charge in [0.1, 0.15) is 6.61 Å². The number of amides is 2. The minimum absolute atomic E-state index is 0.0206. The van der Waals surface area contributed by atoms with Crippen molar-refractivity contribution in [1.29, 1.82) is 0 Å². The van der Waals surface area contributed by atoms with Crippen LogP contribution >= 0.6 is 0 Å². The maximum absolute atomic E-state index is 12.7. The lowest BCUT2D eigenvalue weighted by Crippen LogP contribution is -2.54. The first-order valence-corrected chi connectivity index (χ1v) is 9.09. The van der Waals surface area contributed by atoms with Crippen LogP contribution in [0.3, 0.4) is 0 Å². The van der Waals surface area contributed by atoms with Crippen molar-refractivity contribution in [3.8, 4) is 0 Å². The van der Waals surface area contributed by atoms with Crippen LogP contribution in [0.1, 0.15) is 38.2 Å². The maximum Gasteiger partial charge on any atom is 0.410 e. The molecule has 2 aliphatic rings. The molecule has 6 nitrogen and oxygen atoms in total. The lowest BCUT2D eigenvalue weighted by Gasteiger charge is -2.39. The third-order valence-corrected chi connectivity index (χ3v) is 4.85. The molecule has 1 aromatic rings. The van der Waals surface area contributed by atoms with Gasteiger partial charge in [-0.25, -0.2) is 4.79 Å². The molecule has 136 valence electrons. The lowest BCUT2D eigenvalue weighted by atomic mass is 10.0. The quantitative estimate of drug-likeness (QED) is 0.887. The van der Waals surface area contributed by atoms with Crippen LogP contribution in [0.5, 0.6) is 0 Å². The zero-order valence-electron chi connectivity index (χ0n) is 14.8. The van der Waals surface area contributed by atoms with Crippen LogP contribution in [-0.2, 0) is 16.1 Å². The van der Waals surface area contributed by atoms with Crippen molar-refractivity contribution >= 4 is 12.0 Å². The Bertz CT molecular complexity index is 601. The molecule has 2 atom stereocenters. The molecular weight excluding hydrogens is 318 g/mol. The van der Waals surface area contributed by atoms with Gasteiger partial charge in [0, 0.05) is 19.1 Å². The Morgan fingerprint density at radius 3 is 2.60 bits per heavy atom. The largest absolute Gasteiger partial charge is 0.445 e. The monoisotopic (exact) mass is 345 g/mol. The topological polar surface area (TPSA) is 75.9 Å². The van der Waals surface area contributed by atoms with Crippen molar-refractivity contribution in [3.05, 3.63) is 35.9 Å². The maximum atomic E-state index is 12.7. The fourth-order valence-electron chi connectivity index (χ4n) is 3.41. The molecule has 1 aromatic carbocycles. The summed E-state index contributed by atoms with van der Waals surface area (Å²) in [4.78, 5) is 28.5. The van der Waals surface area contributed by atoms with Crippen LogP contribution < -0.4 is 5.73 Å². The summed E-state index contributed by atoms with van der Waals surface area (Å²) in [6.07, 6.45) is 3.54. The van der Waals surface area contributed by atoms with Crippen LogP contribution in [-0.4, -0.2) is 53.0 Å². The van der Waals surface area contributed by atoms with Crippen LogP contribution in [0.15, 0.2) is 30.3 Å². The summed E-state index contributed by atoms with van der Waals surface area (Å²) >= 11 is 0. The van der Waals surface area contributed by atoms with E-state index in [4.69, 9.17) is 10.5 Å². The van der Waals surface area contributed by atoms with Crippen molar-refractivity contribution in [2.45, 2.75) is 57.3 Å². The number of piperidine rings is 1. The number of nitrogens with zero attached hydrogens (tertiary/aromatic N) is 2. The number of benzene rings is 1. The van der Waals surface area contributed by atoms with E-state index in [9.17, 15) is 9.59 Å². The molecule has 0 spiro atoms. The third kappa shape index (κ3) is 4.51. The molecule has 25 heavy (non-hydrogen) atoms. The first-order chi connectivity index (χ1) is 12.1. The molecule has 2 N–H and O–H groups in total. The standard InChI is InChI=1S/C19H27N3O3/c1-14(20)18(23)21-11-5-8-17(12-21)22(16-9-10-16)19(24)25-13-15-6-3-2-4-7-15/h2-4,6-7,14,16-17H,5,8-13,20H2,1H3/t14-,17+/m0/s1. The Labute approximate surface area is 148 Å². The normalized spacial score (nSPS) is 21.5. The highest BCUT2D eigenvalue weighted by Gasteiger charge is 2.40. The Morgan fingerprint density at radius 1 is 1.24 bits per heavy atom. The lowest BCUT2D eigenvalue weighted by molar-refractivity contribution is -0.134. The van der Waals surface area contributed by atoms with Gasteiger partial charge in [-0.3, -0.25) is 4.79 Å². The van der Waals surface area contributed by atoms with Gasteiger partial charge < -0.3 is 20.3 Å². The van der Waals surface area contributed by atoms with E-state index in [-0.39, 0.29) is 30.7 Å². The molecule has 1 saturated carbocycles. The van der Waals surface area contributed by atoms with E-state index in [1.165, 1.54) is 0 Å². The molecule has 1 aliphatic carbocycles. The van der Waals surface area contributed by atoms with Crippen molar-refractivity contribution in [3.63, 3.8) is 0 Å². The van der Waals surface area contributed by atoms with Gasteiger partial charge in [-0.2, -0.15) is 0 Å². The van der Waals surface area contributed by atoms with E-state index >= 15 is 0 Å². The second-order valence-electron chi connectivity index (χ2n) is 7.05. The summed E-state index contributed by atoms with van der Waals surface area (Å²) in [5.74, 6) is -0.0434. The average Bonchev–Trinajstić information content (AvgIpc) is 3.45. The third-order valence-electron chi connectivity index (χ3n) is 4.85. The van der Waals surface area contributed by atoms with Gasteiger partial charge in [-0.1, -0.05) is 30.3 Å². The van der Waals surface area contributed by atoms with Gasteiger partial charge in [0.25, 0.3) is 0 Å². The Balaban J connectivity index is 1.62. The number of nitrogens with two attached hydrogens (primary N) is 1. The van der Waals surface area contributed by atoms with Gasteiger partial charge in [0.05, 0.1) is 12.1 Å². The number of hydrogen-bond acceptors (Lipinski definition) is 4. The molecule has 6 heteroatoms. The van der Waals surface area contributed by atoms with Crippen LogP contribution in [0.2, 0.25) is 0 Å². The number of carbonyl (C=O) groups is 2. The van der Waals surface area contributed by atoms with Gasteiger partial charge >= 0.3 is 6.09 Å². The molecule has 1 heterocycles. The first-order valence-electron chi connectivity index (χ1n) is 9.09. The van der Waals surface area contributed by atoms with Crippen LogP contribution in [0.25, 0.3) is 0 Å². The summed E-state index contributed by atoms with van der Waals surface area (Å²) < 4.78 is 5.55. The predicted octanol–water partition coefficient (Wildman–Crippen LogP) is 2.13. The number of carbonyl (C=O) groups excluding carboxylic acids is 2. The molecule has 2 amide bonds. The zero-order chi connectivity index (χ0) is 17.8. The molecule has 1 saturated heterocycles. The Hall–Kier alpha value is -2.08. The summed E-state index contributed by atoms with van der Waals surface area (Å²) in [7, 11) is 0. The van der Waals surface area contributed by atoms with Crippen molar-refractivity contribution in [2.24, 2.45) is 5.73 Å². The van der Waals surface area contributed by atoms with Crippen LogP contribution in [0.4, 0.5) is 4.79 Å². The molecule has 0 radical (unpaired) electrons. The van der Waals surface area contributed by atoms with E-state index in [0.29, 0.717) is 13.1 Å². The number of likely N-dealkylation sites (tertiary alicyclic amines) is 1. The molecule has 0 unspecified atom stereocenters. The van der Waals surface area contributed by atoms with Gasteiger partial charge in [-0.05, 0) is 38.2 Å². The summed E-state index contributed by atoms with van der Waals surface area (Å²) in [5.41, 5.74) is 6.71. The summed E-state index contributed by atoms with van der Waals surface area (Å²) in [5, 5.41) is 0. The van der Waals surface area contributed by atoms with E-state index in [1.54, 1.807) is 11.8 Å². The molecule has 1 aliphatic heterocycles. The summed E-state index contributed by atoms with van der Waals surface area (Å²) in [6, 6.07) is 9.45. The van der Waals surface area contributed by atoms with Crippen LogP contribution in [0, 0.1) is 0 Å². The number of ether oxygens (including phenoxy) is 1. The molecular formula is C19H27N3O3. The fourth-order valence-corrected chi connectivity index (χ4v) is 3.41. The minimum Gasteiger partial charge on any atom is -0.445 e. The van der Waals surface area contributed by atoms with E-state index in [0.717, 1.165) is 31.2 Å². The Morgan fingerprint density at radius 2 is 1.96 bits per heavy atom. The second kappa shape index (κ2) is 7.87. The summed E-state index contributed by atoms with van der Waals surface area (Å²) in [6.45, 7) is 3.25. The number of rotatable bonds is 5. The van der Waals surface area contributed by atoms with E-state index < -0.39 is 6.04 Å².